The second kappa shape index (κ2) is 5.66. The van der Waals surface area contributed by atoms with E-state index in [1.807, 2.05) is 18.6 Å². The smallest absolute Gasteiger partial charge is 0.136 e. The summed E-state index contributed by atoms with van der Waals surface area (Å²) in [6.45, 7) is 5.17. The van der Waals surface area contributed by atoms with Crippen LogP contribution in [0.3, 0.4) is 0 Å². The molecule has 108 valence electrons. The maximum atomic E-state index is 4.47. The van der Waals surface area contributed by atoms with E-state index < -0.39 is 0 Å². The molecule has 0 aliphatic carbocycles. The molecule has 0 bridgehead atoms. The van der Waals surface area contributed by atoms with Crippen LogP contribution in [0.5, 0.6) is 0 Å². The Hall–Kier alpha value is -2.20. The first-order valence-corrected chi connectivity index (χ1v) is 7.18. The lowest BCUT2D eigenvalue weighted by Crippen LogP contribution is -2.22. The molecule has 1 atom stereocenters. The molecule has 0 fully saturated rings. The maximum Gasteiger partial charge on any atom is 0.136 e. The van der Waals surface area contributed by atoms with Crippen molar-refractivity contribution in [2.24, 2.45) is 0 Å². The van der Waals surface area contributed by atoms with Crippen LogP contribution >= 0.6 is 0 Å². The number of rotatable bonds is 4. The fourth-order valence-corrected chi connectivity index (χ4v) is 2.54. The van der Waals surface area contributed by atoms with Crippen molar-refractivity contribution in [3.05, 3.63) is 65.9 Å². The summed E-state index contributed by atoms with van der Waals surface area (Å²) in [6, 6.07) is 8.63. The minimum Gasteiger partial charge on any atom is -0.303 e. The molecule has 4 heteroatoms. The van der Waals surface area contributed by atoms with Gasteiger partial charge in [0.05, 0.1) is 11.9 Å². The third kappa shape index (κ3) is 2.81. The molecule has 0 aliphatic heterocycles. The first kappa shape index (κ1) is 13.8. The molecule has 3 aromatic rings. The average Bonchev–Trinajstić information content (AvgIpc) is 2.89. The molecule has 0 spiro atoms. The van der Waals surface area contributed by atoms with Gasteiger partial charge in [-0.25, -0.2) is 4.98 Å². The number of aromatic nitrogens is 3. The Balaban J connectivity index is 1.83. The molecule has 3 heterocycles. The van der Waals surface area contributed by atoms with Gasteiger partial charge in [-0.05, 0) is 50.2 Å². The van der Waals surface area contributed by atoms with Crippen LogP contribution in [0.1, 0.15) is 29.8 Å². The van der Waals surface area contributed by atoms with Crippen molar-refractivity contribution in [1.82, 2.24) is 19.3 Å². The van der Waals surface area contributed by atoms with Gasteiger partial charge in [0.15, 0.2) is 0 Å². The molecule has 3 aromatic heterocycles. The lowest BCUT2D eigenvalue weighted by atomic mass is 10.1. The van der Waals surface area contributed by atoms with E-state index in [9.17, 15) is 0 Å². The molecule has 0 saturated carbocycles. The van der Waals surface area contributed by atoms with Gasteiger partial charge in [-0.15, -0.1) is 0 Å². The zero-order valence-corrected chi connectivity index (χ0v) is 12.7. The number of nitrogens with zero attached hydrogens (tertiary/aromatic N) is 4. The number of aryl methyl sites for hydroxylation is 1. The Morgan fingerprint density at radius 3 is 2.71 bits per heavy atom. The largest absolute Gasteiger partial charge is 0.303 e. The summed E-state index contributed by atoms with van der Waals surface area (Å²) in [7, 11) is 2.14. The lowest BCUT2D eigenvalue weighted by Gasteiger charge is -2.24. The number of fused-ring (bicyclic) bond motifs is 1. The van der Waals surface area contributed by atoms with Crippen molar-refractivity contribution in [1.29, 1.82) is 0 Å². The number of hydrogen-bond donors (Lipinski definition) is 0. The van der Waals surface area contributed by atoms with E-state index in [0.29, 0.717) is 6.04 Å². The van der Waals surface area contributed by atoms with Crippen molar-refractivity contribution >= 4 is 5.65 Å². The minimum absolute atomic E-state index is 0.336. The Morgan fingerprint density at radius 1 is 1.19 bits per heavy atom. The van der Waals surface area contributed by atoms with E-state index >= 15 is 0 Å². The second-order valence-corrected chi connectivity index (χ2v) is 5.56. The maximum absolute atomic E-state index is 4.47. The van der Waals surface area contributed by atoms with E-state index in [2.05, 4.69) is 70.6 Å². The number of hydrogen-bond acceptors (Lipinski definition) is 3. The molecule has 0 radical (unpaired) electrons. The molecule has 1 unspecified atom stereocenters. The van der Waals surface area contributed by atoms with Crippen LogP contribution < -0.4 is 0 Å². The van der Waals surface area contributed by atoms with Crippen molar-refractivity contribution in [2.45, 2.75) is 26.4 Å². The Morgan fingerprint density at radius 2 is 1.95 bits per heavy atom. The summed E-state index contributed by atoms with van der Waals surface area (Å²) >= 11 is 0. The topological polar surface area (TPSA) is 33.4 Å². The van der Waals surface area contributed by atoms with Crippen molar-refractivity contribution in [3.63, 3.8) is 0 Å². The predicted octanol–water partition coefficient (Wildman–Crippen LogP) is 3.23. The molecule has 0 saturated heterocycles. The van der Waals surface area contributed by atoms with Gasteiger partial charge in [0.1, 0.15) is 5.65 Å². The monoisotopic (exact) mass is 280 g/mol. The van der Waals surface area contributed by atoms with Crippen LogP contribution in [0.4, 0.5) is 0 Å². The highest BCUT2D eigenvalue weighted by molar-refractivity contribution is 5.41. The Bertz CT molecular complexity index is 733. The van der Waals surface area contributed by atoms with Crippen molar-refractivity contribution in [2.75, 3.05) is 7.05 Å². The van der Waals surface area contributed by atoms with E-state index in [0.717, 1.165) is 12.2 Å². The zero-order chi connectivity index (χ0) is 14.8. The zero-order valence-electron chi connectivity index (χ0n) is 12.7. The standard InChI is InChI=1S/C17H20N4/c1-13-4-5-17-19-10-16(21(17)11-13)12-20(3)14(2)15-6-8-18-9-7-15/h4-11,14H,12H2,1-3H3. The predicted molar refractivity (Wildman–Crippen MR) is 84.0 cm³/mol. The lowest BCUT2D eigenvalue weighted by molar-refractivity contribution is 0.249. The number of pyridine rings is 2. The van der Waals surface area contributed by atoms with E-state index in [1.54, 1.807) is 0 Å². The Labute approximate surface area is 125 Å². The molecule has 0 aromatic carbocycles. The van der Waals surface area contributed by atoms with Crippen molar-refractivity contribution in [3.8, 4) is 0 Å². The summed E-state index contributed by atoms with van der Waals surface area (Å²) in [4.78, 5) is 10.9. The minimum atomic E-state index is 0.336. The van der Waals surface area contributed by atoms with Gasteiger partial charge in [0, 0.05) is 31.2 Å². The van der Waals surface area contributed by atoms with Gasteiger partial charge in [-0.2, -0.15) is 0 Å². The fraction of sp³-hybridized carbons (Fsp3) is 0.294. The van der Waals surface area contributed by atoms with Crippen LogP contribution in [0.25, 0.3) is 5.65 Å². The van der Waals surface area contributed by atoms with E-state index in [-0.39, 0.29) is 0 Å². The number of imidazole rings is 1. The molecule has 0 aliphatic rings. The van der Waals surface area contributed by atoms with E-state index in [1.165, 1.54) is 16.8 Å². The average molecular weight is 280 g/mol. The van der Waals surface area contributed by atoms with Crippen LogP contribution in [0, 0.1) is 6.92 Å². The first-order chi connectivity index (χ1) is 10.1. The molecule has 4 nitrogen and oxygen atoms in total. The molecule has 21 heavy (non-hydrogen) atoms. The first-order valence-electron chi connectivity index (χ1n) is 7.18. The quantitative estimate of drug-likeness (QED) is 0.735. The van der Waals surface area contributed by atoms with Crippen molar-refractivity contribution < 1.29 is 0 Å². The van der Waals surface area contributed by atoms with Crippen LogP contribution in [0.2, 0.25) is 0 Å². The summed E-state index contributed by atoms with van der Waals surface area (Å²) in [5, 5.41) is 0. The normalized spacial score (nSPS) is 13.0. The van der Waals surface area contributed by atoms with Gasteiger partial charge in [-0.1, -0.05) is 6.07 Å². The highest BCUT2D eigenvalue weighted by Gasteiger charge is 2.13. The molecule has 3 rings (SSSR count). The summed E-state index contributed by atoms with van der Waals surface area (Å²) in [6.07, 6.45) is 7.79. The Kier molecular flexibility index (Phi) is 3.71. The van der Waals surface area contributed by atoms with Gasteiger partial charge >= 0.3 is 0 Å². The second-order valence-electron chi connectivity index (χ2n) is 5.56. The highest BCUT2D eigenvalue weighted by Crippen LogP contribution is 2.20. The summed E-state index contributed by atoms with van der Waals surface area (Å²) in [5.74, 6) is 0. The molecular weight excluding hydrogens is 260 g/mol. The van der Waals surface area contributed by atoms with Gasteiger partial charge in [0.2, 0.25) is 0 Å². The SMILES string of the molecule is Cc1ccc2ncc(CN(C)C(C)c3ccncc3)n2c1. The van der Waals surface area contributed by atoms with E-state index in [4.69, 9.17) is 0 Å². The van der Waals surface area contributed by atoms with Gasteiger partial charge in [-0.3, -0.25) is 9.88 Å². The van der Waals surface area contributed by atoms with Crippen LogP contribution in [-0.4, -0.2) is 26.3 Å². The summed E-state index contributed by atoms with van der Waals surface area (Å²) in [5.41, 5.74) is 4.72. The van der Waals surface area contributed by atoms with Crippen LogP contribution in [0.15, 0.2) is 49.1 Å². The highest BCUT2D eigenvalue weighted by atomic mass is 15.1. The van der Waals surface area contributed by atoms with Gasteiger partial charge < -0.3 is 4.40 Å². The van der Waals surface area contributed by atoms with Gasteiger partial charge in [0.25, 0.3) is 0 Å². The fourth-order valence-electron chi connectivity index (χ4n) is 2.54. The molecular formula is C17H20N4. The summed E-state index contributed by atoms with van der Waals surface area (Å²) < 4.78 is 2.17. The van der Waals surface area contributed by atoms with Crippen LogP contribution in [-0.2, 0) is 6.54 Å². The third-order valence-electron chi connectivity index (χ3n) is 3.99. The third-order valence-corrected chi connectivity index (χ3v) is 3.99. The molecule has 0 amide bonds. The molecule has 0 N–H and O–H groups in total.